The second-order valence-electron chi connectivity index (χ2n) is 3.75. The Labute approximate surface area is 99.2 Å². The van der Waals surface area contributed by atoms with Crippen LogP contribution in [0.3, 0.4) is 0 Å². The molecule has 0 aliphatic rings. The third-order valence-electron chi connectivity index (χ3n) is 2.54. The first-order valence-electron chi connectivity index (χ1n) is 5.18. The van der Waals surface area contributed by atoms with Crippen molar-refractivity contribution in [1.82, 2.24) is 0 Å². The molecule has 2 N–H and O–H groups in total. The first-order valence-corrected chi connectivity index (χ1v) is 5.18. The van der Waals surface area contributed by atoms with E-state index in [0.29, 0.717) is 11.1 Å². The van der Waals surface area contributed by atoms with Crippen LogP contribution in [-0.4, -0.2) is 10.2 Å². The maximum atomic E-state index is 9.40. The highest BCUT2D eigenvalue weighted by Gasteiger charge is 2.14. The topological polar surface area (TPSA) is 64.2 Å². The summed E-state index contributed by atoms with van der Waals surface area (Å²) in [4.78, 5) is 0. The number of rotatable bonds is 2. The van der Waals surface area contributed by atoms with Gasteiger partial charge in [-0.25, -0.2) is 0 Å². The molecule has 0 aliphatic heterocycles. The van der Waals surface area contributed by atoms with Crippen LogP contribution in [0, 0.1) is 11.3 Å². The van der Waals surface area contributed by atoms with Crippen LogP contribution in [0.25, 0.3) is 0 Å². The lowest BCUT2D eigenvalue weighted by Crippen LogP contribution is -1.97. The third-order valence-corrected chi connectivity index (χ3v) is 2.54. The average molecular weight is 225 g/mol. The predicted molar refractivity (Wildman–Crippen MR) is 63.7 cm³/mol. The number of nitrogens with zero attached hydrogens (tertiary/aromatic N) is 1. The average Bonchev–Trinajstić information content (AvgIpc) is 2.30. The minimum Gasteiger partial charge on any atom is -0.508 e. The van der Waals surface area contributed by atoms with Crippen LogP contribution in [-0.2, 0) is 0 Å². The summed E-state index contributed by atoms with van der Waals surface area (Å²) >= 11 is 0. The summed E-state index contributed by atoms with van der Waals surface area (Å²) in [7, 11) is 0. The van der Waals surface area contributed by atoms with Crippen LogP contribution in [0.5, 0.6) is 11.5 Å². The molecule has 0 radical (unpaired) electrons. The predicted octanol–water partition coefficient (Wildman–Crippen LogP) is 2.75. The van der Waals surface area contributed by atoms with Gasteiger partial charge in [0.1, 0.15) is 11.5 Å². The van der Waals surface area contributed by atoms with Gasteiger partial charge in [0.25, 0.3) is 0 Å². The molecule has 2 aromatic carbocycles. The molecule has 0 atom stereocenters. The van der Waals surface area contributed by atoms with Crippen molar-refractivity contribution >= 4 is 0 Å². The summed E-state index contributed by atoms with van der Waals surface area (Å²) in [5, 5.41) is 28.0. The molecule has 0 bridgehead atoms. The Bertz CT molecular complexity index is 527. The van der Waals surface area contributed by atoms with E-state index in [0.717, 1.165) is 0 Å². The van der Waals surface area contributed by atoms with E-state index < -0.39 is 5.92 Å². The number of phenols is 2. The molecule has 17 heavy (non-hydrogen) atoms. The number of hydrogen-bond acceptors (Lipinski definition) is 3. The van der Waals surface area contributed by atoms with Crippen molar-refractivity contribution < 1.29 is 10.2 Å². The van der Waals surface area contributed by atoms with Crippen molar-refractivity contribution in [1.29, 1.82) is 5.26 Å². The van der Waals surface area contributed by atoms with E-state index in [-0.39, 0.29) is 11.5 Å². The molecular formula is C14H11NO2. The molecule has 0 saturated carbocycles. The Balaban J connectivity index is 2.45. The summed E-state index contributed by atoms with van der Waals surface area (Å²) in [5.74, 6) is -0.236. The van der Waals surface area contributed by atoms with Gasteiger partial charge in [-0.3, -0.25) is 0 Å². The maximum absolute atomic E-state index is 9.40. The fourth-order valence-electron chi connectivity index (χ4n) is 1.75. The minimum atomic E-state index is -0.491. The number of aromatic hydroxyl groups is 2. The summed E-state index contributed by atoms with van der Waals surface area (Å²) in [5.41, 5.74) is 1.41. The highest BCUT2D eigenvalue weighted by Crippen LogP contribution is 2.28. The van der Waals surface area contributed by atoms with Crippen molar-refractivity contribution in [2.75, 3.05) is 0 Å². The van der Waals surface area contributed by atoms with Gasteiger partial charge in [0.05, 0.1) is 12.0 Å². The number of benzene rings is 2. The molecule has 0 aromatic heterocycles. The molecule has 3 nitrogen and oxygen atoms in total. The van der Waals surface area contributed by atoms with Gasteiger partial charge in [0, 0.05) is 0 Å². The van der Waals surface area contributed by atoms with Gasteiger partial charge in [-0.2, -0.15) is 5.26 Å². The van der Waals surface area contributed by atoms with Crippen molar-refractivity contribution in [2.45, 2.75) is 5.92 Å². The highest BCUT2D eigenvalue weighted by atomic mass is 16.3. The lowest BCUT2D eigenvalue weighted by molar-refractivity contribution is 0.474. The zero-order valence-corrected chi connectivity index (χ0v) is 9.04. The smallest absolute Gasteiger partial charge is 0.115 e. The molecule has 0 heterocycles. The van der Waals surface area contributed by atoms with E-state index in [4.69, 9.17) is 0 Å². The fraction of sp³-hybridized carbons (Fsp3) is 0.0714. The molecule has 0 fully saturated rings. The van der Waals surface area contributed by atoms with Gasteiger partial charge >= 0.3 is 0 Å². The summed E-state index contributed by atoms with van der Waals surface area (Å²) in [6.45, 7) is 0. The van der Waals surface area contributed by atoms with E-state index >= 15 is 0 Å². The zero-order chi connectivity index (χ0) is 12.3. The molecular weight excluding hydrogens is 214 g/mol. The monoisotopic (exact) mass is 225 g/mol. The van der Waals surface area contributed by atoms with Crippen LogP contribution in [0.15, 0.2) is 48.5 Å². The van der Waals surface area contributed by atoms with Crippen LogP contribution >= 0.6 is 0 Å². The first-order chi connectivity index (χ1) is 8.20. The molecule has 2 aromatic rings. The van der Waals surface area contributed by atoms with Gasteiger partial charge < -0.3 is 10.2 Å². The van der Waals surface area contributed by atoms with Crippen molar-refractivity contribution in [3.05, 3.63) is 59.7 Å². The largest absolute Gasteiger partial charge is 0.508 e. The van der Waals surface area contributed by atoms with E-state index in [9.17, 15) is 15.5 Å². The zero-order valence-electron chi connectivity index (χ0n) is 9.04. The molecule has 0 spiro atoms. The molecule has 84 valence electrons. The normalized spacial score (nSPS) is 10.1. The van der Waals surface area contributed by atoms with Crippen molar-refractivity contribution in [3.63, 3.8) is 0 Å². The van der Waals surface area contributed by atoms with Crippen molar-refractivity contribution in [3.8, 4) is 17.6 Å². The van der Waals surface area contributed by atoms with Crippen LogP contribution in [0.4, 0.5) is 0 Å². The number of phenolic OH excluding ortho intramolecular Hbond substituents is 2. The van der Waals surface area contributed by atoms with Gasteiger partial charge in [-0.05, 0) is 35.4 Å². The Hall–Kier alpha value is -2.47. The van der Waals surface area contributed by atoms with E-state index in [1.165, 1.54) is 0 Å². The fourth-order valence-corrected chi connectivity index (χ4v) is 1.75. The Morgan fingerprint density at radius 1 is 0.882 bits per heavy atom. The maximum Gasteiger partial charge on any atom is 0.115 e. The standard InChI is InChI=1S/C14H11NO2/c15-9-14(10-3-1-5-12(16)7-10)11-4-2-6-13(17)8-11/h1-8,14,16-17H. The molecule has 3 heteroatoms. The summed E-state index contributed by atoms with van der Waals surface area (Å²) in [6.07, 6.45) is 0. The molecule has 0 aliphatic carbocycles. The highest BCUT2D eigenvalue weighted by molar-refractivity contribution is 5.43. The second kappa shape index (κ2) is 4.58. The Morgan fingerprint density at radius 2 is 1.35 bits per heavy atom. The number of hydrogen-bond donors (Lipinski definition) is 2. The first kappa shape index (κ1) is 11.0. The van der Waals surface area contributed by atoms with Gasteiger partial charge in [-0.1, -0.05) is 24.3 Å². The Morgan fingerprint density at radius 3 is 1.71 bits per heavy atom. The van der Waals surface area contributed by atoms with E-state index in [2.05, 4.69) is 6.07 Å². The third kappa shape index (κ3) is 2.37. The summed E-state index contributed by atoms with van der Waals surface area (Å²) in [6, 6.07) is 15.3. The minimum absolute atomic E-state index is 0.128. The van der Waals surface area contributed by atoms with Crippen LogP contribution in [0.2, 0.25) is 0 Å². The van der Waals surface area contributed by atoms with E-state index in [1.807, 2.05) is 0 Å². The Kier molecular flexibility index (Phi) is 2.97. The SMILES string of the molecule is N#CC(c1cccc(O)c1)c1cccc(O)c1. The van der Waals surface area contributed by atoms with Gasteiger partial charge in [0.2, 0.25) is 0 Å². The molecule has 2 rings (SSSR count). The number of nitriles is 1. The lowest BCUT2D eigenvalue weighted by atomic mass is 9.92. The molecule has 0 saturated heterocycles. The molecule has 0 amide bonds. The molecule has 0 unspecified atom stereocenters. The van der Waals surface area contributed by atoms with Gasteiger partial charge in [0.15, 0.2) is 0 Å². The van der Waals surface area contributed by atoms with Crippen LogP contribution in [0.1, 0.15) is 17.0 Å². The quantitative estimate of drug-likeness (QED) is 0.825. The van der Waals surface area contributed by atoms with Gasteiger partial charge in [-0.15, -0.1) is 0 Å². The summed E-state index contributed by atoms with van der Waals surface area (Å²) < 4.78 is 0. The van der Waals surface area contributed by atoms with Crippen LogP contribution < -0.4 is 0 Å². The van der Waals surface area contributed by atoms with Crippen molar-refractivity contribution in [2.24, 2.45) is 0 Å². The van der Waals surface area contributed by atoms with E-state index in [1.54, 1.807) is 48.5 Å². The lowest BCUT2D eigenvalue weighted by Gasteiger charge is -2.10. The second-order valence-corrected chi connectivity index (χ2v) is 3.75.